The lowest BCUT2D eigenvalue weighted by Gasteiger charge is -2.23. The summed E-state index contributed by atoms with van der Waals surface area (Å²) in [4.78, 5) is 20.3. The summed E-state index contributed by atoms with van der Waals surface area (Å²) >= 11 is 6.25. The molecule has 0 atom stereocenters. The van der Waals surface area contributed by atoms with Gasteiger partial charge in [0.25, 0.3) is 0 Å². The molecule has 0 aliphatic heterocycles. The summed E-state index contributed by atoms with van der Waals surface area (Å²) < 4.78 is 11.7. The molecule has 1 saturated carbocycles. The topological polar surface area (TPSA) is 73.3 Å². The summed E-state index contributed by atoms with van der Waals surface area (Å²) in [7, 11) is 1.61. The van der Waals surface area contributed by atoms with Crippen molar-refractivity contribution in [2.24, 2.45) is 0 Å². The number of ether oxygens (including phenoxy) is 2. The molecule has 0 radical (unpaired) electrons. The molecule has 0 amide bonds. The number of hydrogen-bond acceptors (Lipinski definition) is 6. The molecule has 29 heavy (non-hydrogen) atoms. The highest BCUT2D eigenvalue weighted by Gasteiger charge is 2.22. The second-order valence-corrected chi connectivity index (χ2v) is 7.54. The number of aromatic nitrogens is 2. The standard InChI is InChI=1S/C22H22ClN3O3/c1-13-17(23)4-3-5-18(13)26-22-16-10-21(29-15-8-6-14(27)7-9-15)20(28-2)11-19(16)24-12-25-22/h3-5,10-12,15H,6-9H2,1-2H3,(H,24,25,26). The Bertz CT molecular complexity index is 1060. The molecule has 2 aromatic carbocycles. The number of methoxy groups -OCH3 is 1. The number of rotatable bonds is 5. The van der Waals surface area contributed by atoms with Crippen LogP contribution in [-0.2, 0) is 4.79 Å². The van der Waals surface area contributed by atoms with E-state index in [4.69, 9.17) is 21.1 Å². The highest BCUT2D eigenvalue weighted by Crippen LogP contribution is 2.37. The summed E-state index contributed by atoms with van der Waals surface area (Å²) in [5.74, 6) is 2.19. The van der Waals surface area contributed by atoms with Crippen LogP contribution in [-0.4, -0.2) is 29.0 Å². The molecule has 1 aromatic heterocycles. The van der Waals surface area contributed by atoms with Gasteiger partial charge >= 0.3 is 0 Å². The number of nitrogens with one attached hydrogen (secondary N) is 1. The van der Waals surface area contributed by atoms with Gasteiger partial charge in [-0.3, -0.25) is 4.79 Å². The van der Waals surface area contributed by atoms with E-state index in [1.54, 1.807) is 7.11 Å². The maximum atomic E-state index is 11.5. The number of carbonyl (C=O) groups excluding carboxylic acids is 1. The number of halogens is 1. The molecular weight excluding hydrogens is 390 g/mol. The van der Waals surface area contributed by atoms with Gasteiger partial charge in [0.1, 0.15) is 17.9 Å². The zero-order valence-electron chi connectivity index (χ0n) is 16.4. The van der Waals surface area contributed by atoms with Crippen LogP contribution in [0, 0.1) is 6.92 Å². The molecule has 4 rings (SSSR count). The number of anilines is 2. The third kappa shape index (κ3) is 4.12. The van der Waals surface area contributed by atoms with Gasteiger partial charge in [0.2, 0.25) is 0 Å². The molecule has 1 aliphatic rings. The average molecular weight is 412 g/mol. The fourth-order valence-electron chi connectivity index (χ4n) is 3.50. The van der Waals surface area contributed by atoms with Crippen LogP contribution >= 0.6 is 11.6 Å². The van der Waals surface area contributed by atoms with Crippen molar-refractivity contribution in [1.82, 2.24) is 9.97 Å². The van der Waals surface area contributed by atoms with Gasteiger partial charge in [0.15, 0.2) is 11.5 Å². The molecule has 150 valence electrons. The summed E-state index contributed by atoms with van der Waals surface area (Å²) in [5, 5.41) is 4.85. The maximum absolute atomic E-state index is 11.5. The van der Waals surface area contributed by atoms with Crippen molar-refractivity contribution in [3.05, 3.63) is 47.2 Å². The Kier molecular flexibility index (Phi) is 5.53. The third-order valence-electron chi connectivity index (χ3n) is 5.23. The lowest BCUT2D eigenvalue weighted by molar-refractivity contribution is -0.121. The van der Waals surface area contributed by atoms with Crippen LogP contribution in [0.15, 0.2) is 36.7 Å². The van der Waals surface area contributed by atoms with Crippen molar-refractivity contribution in [2.45, 2.75) is 38.7 Å². The van der Waals surface area contributed by atoms with E-state index in [0.29, 0.717) is 41.0 Å². The van der Waals surface area contributed by atoms with Crippen LogP contribution in [0.5, 0.6) is 11.5 Å². The van der Waals surface area contributed by atoms with E-state index < -0.39 is 0 Å². The number of hydrogen-bond donors (Lipinski definition) is 1. The van der Waals surface area contributed by atoms with E-state index >= 15 is 0 Å². The molecule has 6 nitrogen and oxygen atoms in total. The highest BCUT2D eigenvalue weighted by atomic mass is 35.5. The lowest BCUT2D eigenvalue weighted by Crippen LogP contribution is -2.24. The normalized spacial score (nSPS) is 14.8. The van der Waals surface area contributed by atoms with Crippen LogP contribution in [0.2, 0.25) is 5.02 Å². The van der Waals surface area contributed by atoms with Crippen molar-refractivity contribution in [2.75, 3.05) is 12.4 Å². The second kappa shape index (κ2) is 8.25. The summed E-state index contributed by atoms with van der Waals surface area (Å²) in [6.07, 6.45) is 4.07. The predicted molar refractivity (Wildman–Crippen MR) is 113 cm³/mol. The molecule has 0 bridgehead atoms. The van der Waals surface area contributed by atoms with Gasteiger partial charge in [-0.15, -0.1) is 0 Å². The average Bonchev–Trinajstić information content (AvgIpc) is 2.73. The van der Waals surface area contributed by atoms with Crippen molar-refractivity contribution < 1.29 is 14.3 Å². The third-order valence-corrected chi connectivity index (χ3v) is 5.63. The van der Waals surface area contributed by atoms with Gasteiger partial charge in [-0.25, -0.2) is 9.97 Å². The fraction of sp³-hybridized carbons (Fsp3) is 0.318. The number of benzene rings is 2. The minimum absolute atomic E-state index is 0.00439. The molecule has 0 spiro atoms. The van der Waals surface area contributed by atoms with Crippen LogP contribution in [0.4, 0.5) is 11.5 Å². The number of carbonyl (C=O) groups is 1. The second-order valence-electron chi connectivity index (χ2n) is 7.14. The van der Waals surface area contributed by atoms with Crippen molar-refractivity contribution in [1.29, 1.82) is 0 Å². The number of nitrogens with zero attached hydrogens (tertiary/aromatic N) is 2. The quantitative estimate of drug-likeness (QED) is 0.619. The van der Waals surface area contributed by atoms with Crippen LogP contribution in [0.25, 0.3) is 10.9 Å². The Morgan fingerprint density at radius 2 is 1.93 bits per heavy atom. The zero-order valence-corrected chi connectivity index (χ0v) is 17.1. The van der Waals surface area contributed by atoms with E-state index in [1.165, 1.54) is 6.33 Å². The Balaban J connectivity index is 1.70. The van der Waals surface area contributed by atoms with E-state index in [1.807, 2.05) is 37.3 Å². The lowest BCUT2D eigenvalue weighted by atomic mass is 9.96. The minimum Gasteiger partial charge on any atom is -0.493 e. The minimum atomic E-state index is -0.00439. The van der Waals surface area contributed by atoms with E-state index in [-0.39, 0.29) is 6.10 Å². The van der Waals surface area contributed by atoms with Crippen LogP contribution in [0.3, 0.4) is 0 Å². The summed E-state index contributed by atoms with van der Waals surface area (Å²) in [6.45, 7) is 1.95. The molecule has 1 aliphatic carbocycles. The molecule has 1 N–H and O–H groups in total. The Labute approximate surface area is 174 Å². The van der Waals surface area contributed by atoms with Gasteiger partial charge < -0.3 is 14.8 Å². The zero-order chi connectivity index (χ0) is 20.4. The molecule has 0 unspecified atom stereocenters. The van der Waals surface area contributed by atoms with E-state index in [2.05, 4.69) is 15.3 Å². The highest BCUT2D eigenvalue weighted by molar-refractivity contribution is 6.31. The van der Waals surface area contributed by atoms with Crippen LogP contribution in [0.1, 0.15) is 31.2 Å². The molecule has 1 heterocycles. The van der Waals surface area contributed by atoms with Gasteiger partial charge in [-0.05, 0) is 43.5 Å². The van der Waals surface area contributed by atoms with Gasteiger partial charge in [-0.2, -0.15) is 0 Å². The Morgan fingerprint density at radius 3 is 2.69 bits per heavy atom. The summed E-state index contributed by atoms with van der Waals surface area (Å²) in [5.41, 5.74) is 2.56. The van der Waals surface area contributed by atoms with Crippen molar-refractivity contribution in [3.63, 3.8) is 0 Å². The SMILES string of the molecule is COc1cc2ncnc(Nc3cccc(Cl)c3C)c2cc1OC1CCC(=O)CC1. The first-order chi connectivity index (χ1) is 14.0. The van der Waals surface area contributed by atoms with E-state index in [0.717, 1.165) is 35.0 Å². The predicted octanol–water partition coefficient (Wildman–Crippen LogP) is 5.23. The van der Waals surface area contributed by atoms with Crippen LogP contribution < -0.4 is 14.8 Å². The Hall–Kier alpha value is -2.86. The molecule has 1 fully saturated rings. The van der Waals surface area contributed by atoms with E-state index in [9.17, 15) is 4.79 Å². The number of fused-ring (bicyclic) bond motifs is 1. The first-order valence-electron chi connectivity index (χ1n) is 9.58. The number of ketones is 1. The summed E-state index contributed by atoms with van der Waals surface area (Å²) in [6, 6.07) is 9.44. The monoisotopic (exact) mass is 411 g/mol. The van der Waals surface area contributed by atoms with Gasteiger partial charge in [0, 0.05) is 35.0 Å². The first-order valence-corrected chi connectivity index (χ1v) is 9.96. The van der Waals surface area contributed by atoms with Crippen molar-refractivity contribution >= 4 is 39.8 Å². The molecule has 3 aromatic rings. The van der Waals surface area contributed by atoms with Gasteiger partial charge in [-0.1, -0.05) is 17.7 Å². The molecule has 7 heteroatoms. The smallest absolute Gasteiger partial charge is 0.162 e. The Morgan fingerprint density at radius 1 is 1.14 bits per heavy atom. The maximum Gasteiger partial charge on any atom is 0.162 e. The van der Waals surface area contributed by atoms with Crippen molar-refractivity contribution in [3.8, 4) is 11.5 Å². The van der Waals surface area contributed by atoms with Gasteiger partial charge in [0.05, 0.1) is 18.7 Å². The molecule has 0 saturated heterocycles. The first kappa shape index (κ1) is 19.5. The largest absolute Gasteiger partial charge is 0.493 e. The fourth-order valence-corrected chi connectivity index (χ4v) is 3.67. The molecular formula is C22H22ClN3O3. The number of Topliss-reactive ketones (excluding diaryl/α,β-unsaturated/α-hetero) is 1.